The van der Waals surface area contributed by atoms with Gasteiger partial charge >= 0.3 is 12.4 Å². The number of aliphatic hydroxyl groups is 1. The summed E-state index contributed by atoms with van der Waals surface area (Å²) in [4.78, 5) is 4.94. The van der Waals surface area contributed by atoms with Gasteiger partial charge in [-0.1, -0.05) is 21.0 Å². The molecule has 1 N–H and O–H groups in total. The Hall–Kier alpha value is -2.87. The molecule has 3 aromatic rings. The standard InChI is InChI=1S/C28H33BrF6N6O/c1-3-40(14-18-4-6-19(17-42)7-5-18)25-9-8-24(29)12-21(25)16-41(26-36-38-39(2)37-26)15-20-10-22(27(30,31)32)13-23(11-20)28(33,34)35/h8-13,18-19,42H,3-7,14-17H2,1-2H3/t18-,19-. The Balaban J connectivity index is 1.68. The molecule has 0 spiro atoms. The molecule has 230 valence electrons. The topological polar surface area (TPSA) is 70.3 Å². The van der Waals surface area contributed by atoms with Crippen LogP contribution in [0.1, 0.15) is 54.9 Å². The second-order valence-electron chi connectivity index (χ2n) is 10.7. The van der Waals surface area contributed by atoms with Crippen LogP contribution in [-0.4, -0.2) is 45.0 Å². The van der Waals surface area contributed by atoms with E-state index in [0.717, 1.165) is 60.1 Å². The number of alkyl halides is 6. The van der Waals surface area contributed by atoms with Gasteiger partial charge in [0.05, 0.1) is 18.2 Å². The van der Waals surface area contributed by atoms with E-state index in [1.54, 1.807) is 0 Å². The molecule has 0 aliphatic heterocycles. The minimum Gasteiger partial charge on any atom is -0.396 e. The molecule has 1 aliphatic carbocycles. The molecule has 0 radical (unpaired) electrons. The summed E-state index contributed by atoms with van der Waals surface area (Å²) in [5, 5.41) is 21.5. The van der Waals surface area contributed by atoms with Crippen molar-refractivity contribution >= 4 is 27.6 Å². The first-order valence-corrected chi connectivity index (χ1v) is 14.5. The molecule has 1 aromatic heterocycles. The molecular formula is C28H33BrF6N6O. The molecular weight excluding hydrogens is 630 g/mol. The summed E-state index contributed by atoms with van der Waals surface area (Å²) >= 11 is 3.50. The van der Waals surface area contributed by atoms with E-state index in [0.29, 0.717) is 18.4 Å². The van der Waals surface area contributed by atoms with Gasteiger partial charge in [0.2, 0.25) is 0 Å². The number of nitrogens with zero attached hydrogens (tertiary/aromatic N) is 6. The van der Waals surface area contributed by atoms with Crippen molar-refractivity contribution in [2.45, 2.75) is 58.0 Å². The van der Waals surface area contributed by atoms with Gasteiger partial charge in [0.15, 0.2) is 0 Å². The normalized spacial score (nSPS) is 17.9. The number of hydrogen-bond acceptors (Lipinski definition) is 6. The summed E-state index contributed by atoms with van der Waals surface area (Å²) in [6.45, 7) is 3.50. The van der Waals surface area contributed by atoms with Crippen molar-refractivity contribution in [1.29, 1.82) is 0 Å². The van der Waals surface area contributed by atoms with Crippen LogP contribution in [0.25, 0.3) is 0 Å². The maximum absolute atomic E-state index is 13.6. The Morgan fingerprint density at radius 2 is 1.52 bits per heavy atom. The average Bonchev–Trinajstić information content (AvgIpc) is 3.37. The second kappa shape index (κ2) is 13.2. The van der Waals surface area contributed by atoms with Crippen LogP contribution in [0.4, 0.5) is 38.0 Å². The maximum atomic E-state index is 13.6. The zero-order valence-corrected chi connectivity index (χ0v) is 24.8. The fourth-order valence-corrected chi connectivity index (χ4v) is 5.84. The van der Waals surface area contributed by atoms with Crippen LogP contribution < -0.4 is 9.80 Å². The van der Waals surface area contributed by atoms with Crippen molar-refractivity contribution in [3.63, 3.8) is 0 Å². The van der Waals surface area contributed by atoms with Crippen molar-refractivity contribution in [3.05, 3.63) is 63.1 Å². The van der Waals surface area contributed by atoms with Gasteiger partial charge in [-0.25, -0.2) is 0 Å². The minimum absolute atomic E-state index is 0.0692. The van der Waals surface area contributed by atoms with Gasteiger partial charge < -0.3 is 14.9 Å². The van der Waals surface area contributed by atoms with Crippen molar-refractivity contribution in [2.75, 3.05) is 29.5 Å². The van der Waals surface area contributed by atoms with E-state index in [1.165, 1.54) is 16.7 Å². The Bertz CT molecular complexity index is 1310. The number of aromatic nitrogens is 4. The molecule has 14 heteroatoms. The van der Waals surface area contributed by atoms with E-state index in [4.69, 9.17) is 0 Å². The molecule has 2 aromatic carbocycles. The van der Waals surface area contributed by atoms with Crippen molar-refractivity contribution in [3.8, 4) is 0 Å². The van der Waals surface area contributed by atoms with Gasteiger partial charge in [-0.2, -0.15) is 31.1 Å². The molecule has 1 fully saturated rings. The van der Waals surface area contributed by atoms with Gasteiger partial charge in [0, 0.05) is 42.9 Å². The van der Waals surface area contributed by atoms with E-state index in [2.05, 4.69) is 36.2 Å². The molecule has 0 unspecified atom stereocenters. The van der Waals surface area contributed by atoms with Crippen LogP contribution in [0.3, 0.4) is 0 Å². The van der Waals surface area contributed by atoms with Crippen molar-refractivity contribution in [2.24, 2.45) is 18.9 Å². The largest absolute Gasteiger partial charge is 0.416 e. The molecule has 4 rings (SSSR count). The summed E-state index contributed by atoms with van der Waals surface area (Å²) < 4.78 is 82.2. The second-order valence-corrected chi connectivity index (χ2v) is 11.6. The number of aliphatic hydroxyl groups excluding tert-OH is 1. The van der Waals surface area contributed by atoms with Gasteiger partial charge in [-0.15, -0.1) is 5.10 Å². The van der Waals surface area contributed by atoms with Crippen molar-refractivity contribution < 1.29 is 31.4 Å². The van der Waals surface area contributed by atoms with Gasteiger partial charge in [0.1, 0.15) is 0 Å². The number of halogens is 7. The average molecular weight is 664 g/mol. The van der Waals surface area contributed by atoms with E-state index in [1.807, 2.05) is 25.1 Å². The summed E-state index contributed by atoms with van der Waals surface area (Å²) in [5.74, 6) is 0.842. The highest BCUT2D eigenvalue weighted by molar-refractivity contribution is 9.10. The van der Waals surface area contributed by atoms with Crippen LogP contribution >= 0.6 is 15.9 Å². The zero-order chi connectivity index (χ0) is 30.7. The summed E-state index contributed by atoms with van der Waals surface area (Å²) in [5.41, 5.74) is -1.25. The number of aryl methyl sites for hydroxylation is 1. The monoisotopic (exact) mass is 662 g/mol. The van der Waals surface area contributed by atoms with Gasteiger partial charge in [-0.05, 0) is 97.2 Å². The van der Waals surface area contributed by atoms with Crippen LogP contribution in [0, 0.1) is 11.8 Å². The van der Waals surface area contributed by atoms with Crippen LogP contribution in [0.5, 0.6) is 0 Å². The van der Waals surface area contributed by atoms with Crippen LogP contribution in [-0.2, 0) is 32.5 Å². The summed E-state index contributed by atoms with van der Waals surface area (Å²) in [6.07, 6.45) is -5.98. The minimum atomic E-state index is -4.96. The van der Waals surface area contributed by atoms with Crippen LogP contribution in [0.15, 0.2) is 40.9 Å². The van der Waals surface area contributed by atoms with Crippen LogP contribution in [0.2, 0.25) is 0 Å². The quantitative estimate of drug-likeness (QED) is 0.240. The lowest BCUT2D eigenvalue weighted by atomic mass is 9.82. The fourth-order valence-electron chi connectivity index (χ4n) is 5.43. The molecule has 7 nitrogen and oxygen atoms in total. The highest BCUT2D eigenvalue weighted by Crippen LogP contribution is 2.37. The third kappa shape index (κ3) is 8.15. The first kappa shape index (κ1) is 32.1. The first-order valence-electron chi connectivity index (χ1n) is 13.7. The molecule has 1 saturated carbocycles. The Kier molecular flexibility index (Phi) is 10.1. The van der Waals surface area contributed by atoms with E-state index < -0.39 is 23.5 Å². The van der Waals surface area contributed by atoms with Gasteiger partial charge in [-0.3, -0.25) is 0 Å². The summed E-state index contributed by atoms with van der Waals surface area (Å²) in [6, 6.07) is 7.31. The maximum Gasteiger partial charge on any atom is 0.416 e. The third-order valence-electron chi connectivity index (χ3n) is 7.63. The summed E-state index contributed by atoms with van der Waals surface area (Å²) in [7, 11) is 1.52. The molecule has 0 amide bonds. The first-order chi connectivity index (χ1) is 19.8. The number of hydrogen-bond donors (Lipinski definition) is 1. The Morgan fingerprint density at radius 1 is 0.905 bits per heavy atom. The molecule has 0 saturated heterocycles. The SMILES string of the molecule is CCN(C[C@H]1CC[C@H](CO)CC1)c1ccc(Br)cc1CN(Cc1cc(C(F)(F)F)cc(C(F)(F)F)c1)c1nnn(C)n1. The highest BCUT2D eigenvalue weighted by Gasteiger charge is 2.37. The third-order valence-corrected chi connectivity index (χ3v) is 8.12. The van der Waals surface area contributed by atoms with E-state index in [9.17, 15) is 31.4 Å². The van der Waals surface area contributed by atoms with E-state index >= 15 is 0 Å². The Labute approximate surface area is 248 Å². The predicted molar refractivity (Wildman–Crippen MR) is 150 cm³/mol. The molecule has 1 heterocycles. The van der Waals surface area contributed by atoms with E-state index in [-0.39, 0.29) is 37.3 Å². The molecule has 0 bridgehead atoms. The van der Waals surface area contributed by atoms with Crippen molar-refractivity contribution in [1.82, 2.24) is 20.2 Å². The lowest BCUT2D eigenvalue weighted by molar-refractivity contribution is -0.143. The molecule has 42 heavy (non-hydrogen) atoms. The number of benzene rings is 2. The highest BCUT2D eigenvalue weighted by atomic mass is 79.9. The smallest absolute Gasteiger partial charge is 0.396 e. The number of anilines is 2. The van der Waals surface area contributed by atoms with Gasteiger partial charge in [0.25, 0.3) is 5.95 Å². The lowest BCUT2D eigenvalue weighted by Crippen LogP contribution is -2.33. The fraction of sp³-hybridized carbons (Fsp3) is 0.536. The molecule has 1 aliphatic rings. The predicted octanol–water partition coefficient (Wildman–Crippen LogP) is 6.84. The Morgan fingerprint density at radius 3 is 2.05 bits per heavy atom. The number of tetrazole rings is 1. The molecule has 0 atom stereocenters. The zero-order valence-electron chi connectivity index (χ0n) is 23.3. The number of rotatable bonds is 10. The lowest BCUT2D eigenvalue weighted by Gasteiger charge is -2.34.